The number of hydrogen-bond acceptors (Lipinski definition) is 5. The fourth-order valence-corrected chi connectivity index (χ4v) is 4.06. The Bertz CT molecular complexity index is 1240. The summed E-state index contributed by atoms with van der Waals surface area (Å²) in [6.07, 6.45) is 1.56. The molecule has 0 atom stereocenters. The van der Waals surface area contributed by atoms with Gasteiger partial charge in [0.2, 0.25) is 5.91 Å². The molecule has 4 rings (SSSR count). The van der Waals surface area contributed by atoms with Crippen LogP contribution in [0.3, 0.4) is 0 Å². The van der Waals surface area contributed by atoms with Gasteiger partial charge in [0, 0.05) is 11.1 Å². The lowest BCUT2D eigenvalue weighted by Crippen LogP contribution is -2.36. The average Bonchev–Trinajstić information content (AvgIpc) is 3.01. The number of carbonyl (C=O) groups is 3. The van der Waals surface area contributed by atoms with Gasteiger partial charge in [0.15, 0.2) is 0 Å². The highest BCUT2D eigenvalue weighted by Gasteiger charge is 2.36. The van der Waals surface area contributed by atoms with E-state index < -0.39 is 23.6 Å². The van der Waals surface area contributed by atoms with Gasteiger partial charge in [-0.05, 0) is 40.7 Å². The lowest BCUT2D eigenvalue weighted by molar-refractivity contribution is -0.127. The van der Waals surface area contributed by atoms with Gasteiger partial charge in [-0.25, -0.2) is 4.39 Å². The first kappa shape index (κ1) is 20.6. The summed E-state index contributed by atoms with van der Waals surface area (Å²) in [5.74, 6) is -1.31. The third-order valence-corrected chi connectivity index (χ3v) is 5.64. The second-order valence-corrected chi connectivity index (χ2v) is 7.81. The summed E-state index contributed by atoms with van der Waals surface area (Å²) in [5, 5.41) is 1.14. The number of nitrogens with zero attached hydrogens (tertiary/aromatic N) is 1. The van der Waals surface area contributed by atoms with Crippen LogP contribution >= 0.6 is 11.8 Å². The molecule has 0 unspecified atom stereocenters. The molecule has 156 valence electrons. The highest BCUT2D eigenvalue weighted by molar-refractivity contribution is 8.18. The van der Waals surface area contributed by atoms with Gasteiger partial charge < -0.3 is 10.5 Å². The number of nitrogens with two attached hydrogens (primary N) is 1. The Balaban J connectivity index is 1.73. The third-order valence-electron chi connectivity index (χ3n) is 4.73. The quantitative estimate of drug-likeness (QED) is 0.588. The van der Waals surface area contributed by atoms with Gasteiger partial charge in [-0.15, -0.1) is 0 Å². The number of primary amides is 1. The molecule has 0 saturated carbocycles. The minimum absolute atomic E-state index is 0.00495. The second kappa shape index (κ2) is 8.61. The molecule has 0 spiro atoms. The van der Waals surface area contributed by atoms with Crippen molar-refractivity contribution in [3.63, 3.8) is 0 Å². The highest BCUT2D eigenvalue weighted by Crippen LogP contribution is 2.37. The van der Waals surface area contributed by atoms with E-state index in [2.05, 4.69) is 0 Å². The van der Waals surface area contributed by atoms with E-state index in [0.29, 0.717) is 16.9 Å². The molecule has 31 heavy (non-hydrogen) atoms. The van der Waals surface area contributed by atoms with Gasteiger partial charge in [-0.2, -0.15) is 0 Å². The predicted octanol–water partition coefficient (Wildman–Crippen LogP) is 4.08. The van der Waals surface area contributed by atoms with E-state index in [4.69, 9.17) is 10.5 Å². The van der Waals surface area contributed by atoms with Gasteiger partial charge in [-0.3, -0.25) is 19.3 Å². The molecule has 1 heterocycles. The van der Waals surface area contributed by atoms with Crippen molar-refractivity contribution >= 4 is 45.7 Å². The van der Waals surface area contributed by atoms with Crippen LogP contribution in [0, 0.1) is 5.82 Å². The molecule has 1 aliphatic heterocycles. The van der Waals surface area contributed by atoms with Crippen LogP contribution in [-0.2, 0) is 16.2 Å². The zero-order valence-electron chi connectivity index (χ0n) is 16.2. The first-order valence-corrected chi connectivity index (χ1v) is 10.2. The standard InChI is InChI=1S/C23H17FN2O4S/c24-18-8-4-2-6-15(18)13-30-19-10-9-14-5-1-3-7-16(14)17(19)11-20-22(28)26(12-21(25)27)23(29)31-20/h1-11H,12-13H2,(H2,25,27)/b20-11-. The molecule has 3 amide bonds. The van der Waals surface area contributed by atoms with E-state index in [9.17, 15) is 18.8 Å². The number of ether oxygens (including phenoxy) is 1. The van der Waals surface area contributed by atoms with E-state index in [1.54, 1.807) is 30.3 Å². The van der Waals surface area contributed by atoms with Gasteiger partial charge >= 0.3 is 0 Å². The van der Waals surface area contributed by atoms with Crippen molar-refractivity contribution in [2.24, 2.45) is 5.73 Å². The van der Waals surface area contributed by atoms with Crippen molar-refractivity contribution < 1.29 is 23.5 Å². The second-order valence-electron chi connectivity index (χ2n) is 6.81. The molecule has 3 aromatic rings. The van der Waals surface area contributed by atoms with Crippen molar-refractivity contribution in [2.45, 2.75) is 6.61 Å². The SMILES string of the molecule is NC(=O)CN1C(=O)S/C(=C\c2c(OCc3ccccc3F)ccc3ccccc23)C1=O. The Morgan fingerprint density at radius 3 is 2.58 bits per heavy atom. The molecule has 8 heteroatoms. The summed E-state index contributed by atoms with van der Waals surface area (Å²) in [4.78, 5) is 37.0. The maximum atomic E-state index is 14.0. The van der Waals surface area contributed by atoms with Crippen LogP contribution in [0.1, 0.15) is 11.1 Å². The molecule has 1 fully saturated rings. The number of imide groups is 1. The Kier molecular flexibility index (Phi) is 5.73. The Morgan fingerprint density at radius 2 is 1.81 bits per heavy atom. The van der Waals surface area contributed by atoms with Crippen LogP contribution in [0.2, 0.25) is 0 Å². The van der Waals surface area contributed by atoms with Crippen molar-refractivity contribution in [3.8, 4) is 5.75 Å². The summed E-state index contributed by atoms with van der Waals surface area (Å²) >= 11 is 0.728. The molecule has 0 aliphatic carbocycles. The van der Waals surface area contributed by atoms with Crippen molar-refractivity contribution in [3.05, 3.63) is 82.5 Å². The molecular weight excluding hydrogens is 419 g/mol. The number of amides is 3. The van der Waals surface area contributed by atoms with Gasteiger partial charge in [0.05, 0.1) is 4.91 Å². The van der Waals surface area contributed by atoms with E-state index in [-0.39, 0.29) is 17.3 Å². The van der Waals surface area contributed by atoms with E-state index >= 15 is 0 Å². The fraction of sp³-hybridized carbons (Fsp3) is 0.0870. The Morgan fingerprint density at radius 1 is 1.06 bits per heavy atom. The summed E-state index contributed by atoms with van der Waals surface area (Å²) in [6.45, 7) is -0.483. The molecule has 0 aromatic heterocycles. The monoisotopic (exact) mass is 436 g/mol. The van der Waals surface area contributed by atoms with Crippen LogP contribution in [0.4, 0.5) is 9.18 Å². The average molecular weight is 436 g/mol. The van der Waals surface area contributed by atoms with E-state index in [0.717, 1.165) is 27.4 Å². The van der Waals surface area contributed by atoms with Crippen LogP contribution in [0.5, 0.6) is 5.75 Å². The molecule has 0 bridgehead atoms. The smallest absolute Gasteiger partial charge is 0.294 e. The highest BCUT2D eigenvalue weighted by atomic mass is 32.2. The maximum absolute atomic E-state index is 14.0. The fourth-order valence-electron chi connectivity index (χ4n) is 3.24. The molecular formula is C23H17FN2O4S. The topological polar surface area (TPSA) is 89.7 Å². The lowest BCUT2D eigenvalue weighted by atomic mass is 10.0. The Hall–Kier alpha value is -3.65. The minimum Gasteiger partial charge on any atom is -0.488 e. The van der Waals surface area contributed by atoms with Crippen LogP contribution in [0.15, 0.2) is 65.6 Å². The number of carbonyl (C=O) groups excluding carboxylic acids is 3. The number of fused-ring (bicyclic) bond motifs is 1. The van der Waals surface area contributed by atoms with Crippen LogP contribution in [0.25, 0.3) is 16.8 Å². The minimum atomic E-state index is -0.775. The summed E-state index contributed by atoms with van der Waals surface area (Å²) in [6, 6.07) is 17.4. The van der Waals surface area contributed by atoms with Gasteiger partial charge in [0.25, 0.3) is 11.1 Å². The summed E-state index contributed by atoms with van der Waals surface area (Å²) < 4.78 is 19.9. The van der Waals surface area contributed by atoms with Gasteiger partial charge in [-0.1, -0.05) is 48.5 Å². The number of thioether (sulfide) groups is 1. The number of benzene rings is 3. The molecule has 1 aliphatic rings. The van der Waals surface area contributed by atoms with Crippen molar-refractivity contribution in [1.29, 1.82) is 0 Å². The lowest BCUT2D eigenvalue weighted by Gasteiger charge is -2.13. The van der Waals surface area contributed by atoms with Crippen molar-refractivity contribution in [1.82, 2.24) is 4.90 Å². The first-order chi connectivity index (χ1) is 14.9. The number of hydrogen-bond donors (Lipinski definition) is 1. The van der Waals surface area contributed by atoms with Crippen molar-refractivity contribution in [2.75, 3.05) is 6.54 Å². The number of rotatable bonds is 6. The zero-order valence-corrected chi connectivity index (χ0v) is 17.0. The molecule has 3 aromatic carbocycles. The van der Waals surface area contributed by atoms with Gasteiger partial charge in [0.1, 0.15) is 24.7 Å². The predicted molar refractivity (Wildman–Crippen MR) is 117 cm³/mol. The third kappa shape index (κ3) is 4.29. The summed E-state index contributed by atoms with van der Waals surface area (Å²) in [7, 11) is 0. The van der Waals surface area contributed by atoms with E-state index in [1.165, 1.54) is 6.07 Å². The molecule has 0 radical (unpaired) electrons. The Labute approximate surface area is 181 Å². The zero-order chi connectivity index (χ0) is 22.0. The van der Waals surface area contributed by atoms with E-state index in [1.807, 2.05) is 30.3 Å². The molecule has 1 saturated heterocycles. The summed E-state index contributed by atoms with van der Waals surface area (Å²) in [5.41, 5.74) is 6.11. The largest absolute Gasteiger partial charge is 0.488 e. The van der Waals surface area contributed by atoms with Crippen LogP contribution < -0.4 is 10.5 Å². The normalized spacial score (nSPS) is 15.1. The molecule has 2 N–H and O–H groups in total. The number of halogens is 1. The first-order valence-electron chi connectivity index (χ1n) is 9.35. The maximum Gasteiger partial charge on any atom is 0.294 e. The van der Waals surface area contributed by atoms with Crippen LogP contribution in [-0.4, -0.2) is 28.5 Å². The molecule has 6 nitrogen and oxygen atoms in total.